The van der Waals surface area contributed by atoms with E-state index in [1.807, 2.05) is 12.1 Å². The van der Waals surface area contributed by atoms with E-state index in [0.29, 0.717) is 11.9 Å². The second-order valence-corrected chi connectivity index (χ2v) is 6.29. The lowest BCUT2D eigenvalue weighted by Crippen LogP contribution is -2.16. The second kappa shape index (κ2) is 6.58. The molecule has 21 heavy (non-hydrogen) atoms. The first kappa shape index (κ1) is 14.5. The molecule has 110 valence electrons. The molecule has 3 nitrogen and oxygen atoms in total. The average Bonchev–Trinajstić information content (AvgIpc) is 3.32. The predicted octanol–water partition coefficient (Wildman–Crippen LogP) is 4.45. The molecule has 1 aromatic carbocycles. The molecule has 1 N–H and O–H groups in total. The van der Waals surface area contributed by atoms with Gasteiger partial charge in [0, 0.05) is 28.8 Å². The first-order valence-corrected chi connectivity index (χ1v) is 8.18. The van der Waals surface area contributed by atoms with E-state index in [0.717, 1.165) is 28.8 Å². The Labute approximate surface area is 133 Å². The Morgan fingerprint density at radius 2 is 2.05 bits per heavy atom. The van der Waals surface area contributed by atoms with Gasteiger partial charge in [0.05, 0.1) is 0 Å². The molecule has 1 aliphatic carbocycles. The summed E-state index contributed by atoms with van der Waals surface area (Å²) in [7, 11) is 0. The van der Waals surface area contributed by atoms with Crippen molar-refractivity contribution in [2.24, 2.45) is 0 Å². The SMILES string of the molecule is CCc1ccc(Oc2ncc(Br)cc2CNC2CC2)cc1. The zero-order valence-corrected chi connectivity index (χ0v) is 13.7. The van der Waals surface area contributed by atoms with Crippen LogP contribution >= 0.6 is 15.9 Å². The monoisotopic (exact) mass is 346 g/mol. The number of aromatic nitrogens is 1. The molecule has 1 aliphatic rings. The number of ether oxygens (including phenoxy) is 1. The molecule has 0 atom stereocenters. The quantitative estimate of drug-likeness (QED) is 0.838. The van der Waals surface area contributed by atoms with Crippen molar-refractivity contribution in [3.63, 3.8) is 0 Å². The fraction of sp³-hybridized carbons (Fsp3) is 0.353. The van der Waals surface area contributed by atoms with Crippen LogP contribution < -0.4 is 10.1 Å². The van der Waals surface area contributed by atoms with E-state index < -0.39 is 0 Å². The Kier molecular flexibility index (Phi) is 4.56. The Morgan fingerprint density at radius 1 is 1.29 bits per heavy atom. The van der Waals surface area contributed by atoms with Gasteiger partial charge in [-0.2, -0.15) is 0 Å². The third-order valence-corrected chi connectivity index (χ3v) is 4.03. The maximum Gasteiger partial charge on any atom is 0.223 e. The lowest BCUT2D eigenvalue weighted by atomic mass is 10.2. The Morgan fingerprint density at radius 3 is 2.71 bits per heavy atom. The lowest BCUT2D eigenvalue weighted by Gasteiger charge is -2.11. The third-order valence-electron chi connectivity index (χ3n) is 3.60. The first-order chi connectivity index (χ1) is 10.2. The molecule has 0 saturated heterocycles. The lowest BCUT2D eigenvalue weighted by molar-refractivity contribution is 0.452. The summed E-state index contributed by atoms with van der Waals surface area (Å²) in [5.74, 6) is 1.50. The molecule has 0 bridgehead atoms. The molecule has 0 spiro atoms. The number of halogens is 1. The van der Waals surface area contributed by atoms with E-state index in [4.69, 9.17) is 4.74 Å². The maximum atomic E-state index is 5.94. The summed E-state index contributed by atoms with van der Waals surface area (Å²) in [6.45, 7) is 2.94. The largest absolute Gasteiger partial charge is 0.439 e. The number of pyridine rings is 1. The highest BCUT2D eigenvalue weighted by Gasteiger charge is 2.21. The van der Waals surface area contributed by atoms with Gasteiger partial charge in [-0.15, -0.1) is 0 Å². The first-order valence-electron chi connectivity index (χ1n) is 7.39. The number of hydrogen-bond acceptors (Lipinski definition) is 3. The van der Waals surface area contributed by atoms with E-state index in [1.54, 1.807) is 6.20 Å². The minimum absolute atomic E-state index is 0.667. The molecule has 1 heterocycles. The van der Waals surface area contributed by atoms with Crippen LogP contribution in [0.4, 0.5) is 0 Å². The highest BCUT2D eigenvalue weighted by molar-refractivity contribution is 9.10. The van der Waals surface area contributed by atoms with Crippen molar-refractivity contribution in [3.05, 3.63) is 52.1 Å². The van der Waals surface area contributed by atoms with Crippen LogP contribution in [0.3, 0.4) is 0 Å². The molecule has 1 saturated carbocycles. The molecule has 0 amide bonds. The summed E-state index contributed by atoms with van der Waals surface area (Å²) < 4.78 is 6.92. The highest BCUT2D eigenvalue weighted by atomic mass is 79.9. The van der Waals surface area contributed by atoms with Crippen molar-refractivity contribution in [1.82, 2.24) is 10.3 Å². The molecule has 0 unspecified atom stereocenters. The summed E-state index contributed by atoms with van der Waals surface area (Å²) in [6, 6.07) is 10.9. The number of rotatable bonds is 6. The fourth-order valence-electron chi connectivity index (χ4n) is 2.13. The molecule has 3 rings (SSSR count). The van der Waals surface area contributed by atoms with Gasteiger partial charge < -0.3 is 10.1 Å². The summed E-state index contributed by atoms with van der Waals surface area (Å²) in [5, 5.41) is 3.50. The van der Waals surface area contributed by atoms with Gasteiger partial charge in [0.25, 0.3) is 0 Å². The minimum Gasteiger partial charge on any atom is -0.439 e. The van der Waals surface area contributed by atoms with Crippen LogP contribution in [0.2, 0.25) is 0 Å². The molecule has 2 aromatic rings. The predicted molar refractivity (Wildman–Crippen MR) is 87.7 cm³/mol. The van der Waals surface area contributed by atoms with E-state index in [9.17, 15) is 0 Å². The van der Waals surface area contributed by atoms with E-state index in [-0.39, 0.29) is 0 Å². The van der Waals surface area contributed by atoms with Gasteiger partial charge in [-0.25, -0.2) is 4.98 Å². The topological polar surface area (TPSA) is 34.1 Å². The van der Waals surface area contributed by atoms with Crippen molar-refractivity contribution >= 4 is 15.9 Å². The Hall–Kier alpha value is -1.39. The zero-order chi connectivity index (χ0) is 14.7. The van der Waals surface area contributed by atoms with Gasteiger partial charge in [0.15, 0.2) is 0 Å². The third kappa shape index (κ3) is 4.05. The zero-order valence-electron chi connectivity index (χ0n) is 12.1. The normalized spacial score (nSPS) is 14.2. The number of benzene rings is 1. The number of nitrogens with zero attached hydrogens (tertiary/aromatic N) is 1. The van der Waals surface area contributed by atoms with Crippen molar-refractivity contribution in [2.75, 3.05) is 0 Å². The average molecular weight is 347 g/mol. The van der Waals surface area contributed by atoms with E-state index in [2.05, 4.69) is 51.4 Å². The van der Waals surface area contributed by atoms with Crippen LogP contribution in [0.15, 0.2) is 41.0 Å². The van der Waals surface area contributed by atoms with Crippen molar-refractivity contribution in [3.8, 4) is 11.6 Å². The van der Waals surface area contributed by atoms with Crippen LogP contribution in [0, 0.1) is 0 Å². The highest BCUT2D eigenvalue weighted by Crippen LogP contribution is 2.27. The molecular weight excluding hydrogens is 328 g/mol. The van der Waals surface area contributed by atoms with Crippen LogP contribution in [-0.4, -0.2) is 11.0 Å². The van der Waals surface area contributed by atoms with Gasteiger partial charge in [0.1, 0.15) is 5.75 Å². The number of hydrogen-bond donors (Lipinski definition) is 1. The van der Waals surface area contributed by atoms with Crippen molar-refractivity contribution in [1.29, 1.82) is 0 Å². The summed E-state index contributed by atoms with van der Waals surface area (Å²) in [6.07, 6.45) is 5.36. The van der Waals surface area contributed by atoms with Crippen LogP contribution in [-0.2, 0) is 13.0 Å². The summed E-state index contributed by atoms with van der Waals surface area (Å²) in [4.78, 5) is 4.41. The van der Waals surface area contributed by atoms with Crippen LogP contribution in [0.5, 0.6) is 11.6 Å². The number of aryl methyl sites for hydroxylation is 1. The van der Waals surface area contributed by atoms with E-state index >= 15 is 0 Å². The molecule has 0 aliphatic heterocycles. The maximum absolute atomic E-state index is 5.94. The number of nitrogens with one attached hydrogen (secondary N) is 1. The molecule has 1 fully saturated rings. The van der Waals surface area contributed by atoms with Crippen LogP contribution in [0.1, 0.15) is 30.9 Å². The Bertz CT molecular complexity index is 609. The molecule has 4 heteroatoms. The second-order valence-electron chi connectivity index (χ2n) is 5.37. The minimum atomic E-state index is 0.667. The summed E-state index contributed by atoms with van der Waals surface area (Å²) >= 11 is 3.48. The van der Waals surface area contributed by atoms with Gasteiger partial charge in [0.2, 0.25) is 5.88 Å². The van der Waals surface area contributed by atoms with E-state index in [1.165, 1.54) is 18.4 Å². The van der Waals surface area contributed by atoms with Gasteiger partial charge in [-0.3, -0.25) is 0 Å². The standard InChI is InChI=1S/C17H19BrN2O/c1-2-12-3-7-16(8-4-12)21-17-13(9-14(18)11-20-17)10-19-15-5-6-15/h3-4,7-9,11,15,19H,2,5-6,10H2,1H3. The van der Waals surface area contributed by atoms with Crippen molar-refractivity contribution in [2.45, 2.75) is 38.8 Å². The fourth-order valence-corrected chi connectivity index (χ4v) is 2.51. The Balaban J connectivity index is 1.75. The van der Waals surface area contributed by atoms with Gasteiger partial charge in [-0.05, 0) is 59.0 Å². The summed E-state index contributed by atoms with van der Waals surface area (Å²) in [5.41, 5.74) is 2.39. The smallest absolute Gasteiger partial charge is 0.223 e. The van der Waals surface area contributed by atoms with Gasteiger partial charge in [-0.1, -0.05) is 19.1 Å². The van der Waals surface area contributed by atoms with Crippen LogP contribution in [0.25, 0.3) is 0 Å². The van der Waals surface area contributed by atoms with Crippen molar-refractivity contribution < 1.29 is 4.74 Å². The van der Waals surface area contributed by atoms with Gasteiger partial charge >= 0.3 is 0 Å². The molecule has 0 radical (unpaired) electrons. The molecular formula is C17H19BrN2O. The molecule has 1 aromatic heterocycles.